The second-order valence-electron chi connectivity index (χ2n) is 5.03. The molecule has 23 heavy (non-hydrogen) atoms. The largest absolute Gasteiger partial charge is 0.495 e. The summed E-state index contributed by atoms with van der Waals surface area (Å²) in [7, 11) is 1.55. The molecule has 0 aromatic heterocycles. The molecule has 0 fully saturated rings. The fraction of sp³-hybridized carbons (Fsp3) is 0.235. The van der Waals surface area contributed by atoms with Gasteiger partial charge >= 0.3 is 0 Å². The van der Waals surface area contributed by atoms with Crippen LogP contribution in [0.4, 0.5) is 11.4 Å². The quantitative estimate of drug-likeness (QED) is 0.732. The summed E-state index contributed by atoms with van der Waals surface area (Å²) in [4.78, 5) is 12.0. The SMILES string of the molecule is COc1ccc(NC(=O)CCNc2ccc(Br)cc2C)cc1Cl. The Morgan fingerprint density at radius 2 is 2.04 bits per heavy atom. The molecule has 0 spiro atoms. The highest BCUT2D eigenvalue weighted by Gasteiger charge is 2.06. The normalized spacial score (nSPS) is 10.3. The molecule has 4 nitrogen and oxygen atoms in total. The molecule has 1 amide bonds. The third-order valence-corrected chi connectivity index (χ3v) is 4.08. The first-order valence-corrected chi connectivity index (χ1v) is 8.30. The minimum absolute atomic E-state index is 0.0755. The van der Waals surface area contributed by atoms with Crippen LogP contribution in [-0.4, -0.2) is 19.6 Å². The van der Waals surface area contributed by atoms with E-state index in [4.69, 9.17) is 16.3 Å². The zero-order chi connectivity index (χ0) is 16.8. The van der Waals surface area contributed by atoms with Gasteiger partial charge in [0.15, 0.2) is 0 Å². The molecule has 2 rings (SSSR count). The van der Waals surface area contributed by atoms with Crippen molar-refractivity contribution in [3.63, 3.8) is 0 Å². The van der Waals surface area contributed by atoms with Crippen molar-refractivity contribution in [2.75, 3.05) is 24.3 Å². The summed E-state index contributed by atoms with van der Waals surface area (Å²) in [6, 6.07) is 11.1. The van der Waals surface area contributed by atoms with Crippen LogP contribution in [0.2, 0.25) is 5.02 Å². The Labute approximate surface area is 149 Å². The minimum Gasteiger partial charge on any atom is -0.495 e. The van der Waals surface area contributed by atoms with E-state index >= 15 is 0 Å². The summed E-state index contributed by atoms with van der Waals surface area (Å²) >= 11 is 9.46. The van der Waals surface area contributed by atoms with E-state index in [-0.39, 0.29) is 5.91 Å². The molecular formula is C17H18BrClN2O2. The van der Waals surface area contributed by atoms with Crippen LogP contribution in [0.3, 0.4) is 0 Å². The molecule has 2 aromatic carbocycles. The third kappa shape index (κ3) is 5.15. The Hall–Kier alpha value is -1.72. The number of carbonyl (C=O) groups excluding carboxylic acids is 1. The fourth-order valence-electron chi connectivity index (χ4n) is 2.10. The van der Waals surface area contributed by atoms with Gasteiger partial charge in [-0.2, -0.15) is 0 Å². The Morgan fingerprint density at radius 3 is 2.70 bits per heavy atom. The smallest absolute Gasteiger partial charge is 0.226 e. The maximum absolute atomic E-state index is 12.0. The number of rotatable bonds is 6. The van der Waals surface area contributed by atoms with Gasteiger partial charge in [0, 0.05) is 28.8 Å². The molecule has 0 heterocycles. The topological polar surface area (TPSA) is 50.4 Å². The van der Waals surface area contributed by atoms with E-state index in [0.29, 0.717) is 29.4 Å². The Balaban J connectivity index is 1.84. The van der Waals surface area contributed by atoms with E-state index in [1.807, 2.05) is 25.1 Å². The minimum atomic E-state index is -0.0755. The first-order chi connectivity index (χ1) is 11.0. The summed E-state index contributed by atoms with van der Waals surface area (Å²) in [6.45, 7) is 2.57. The second kappa shape index (κ2) is 8.22. The summed E-state index contributed by atoms with van der Waals surface area (Å²) in [5, 5.41) is 6.54. The first kappa shape index (κ1) is 17.6. The maximum atomic E-state index is 12.0. The van der Waals surface area contributed by atoms with Gasteiger partial charge in [-0.3, -0.25) is 4.79 Å². The van der Waals surface area contributed by atoms with E-state index < -0.39 is 0 Å². The number of nitrogens with one attached hydrogen (secondary N) is 2. The number of hydrogen-bond acceptors (Lipinski definition) is 3. The molecular weight excluding hydrogens is 380 g/mol. The van der Waals surface area contributed by atoms with Crippen LogP contribution in [0.15, 0.2) is 40.9 Å². The number of carbonyl (C=O) groups is 1. The fourth-order valence-corrected chi connectivity index (χ4v) is 2.84. The second-order valence-corrected chi connectivity index (χ2v) is 6.36. The zero-order valence-electron chi connectivity index (χ0n) is 13.0. The average Bonchev–Trinajstić information content (AvgIpc) is 2.49. The molecule has 2 N–H and O–H groups in total. The Morgan fingerprint density at radius 1 is 1.26 bits per heavy atom. The van der Waals surface area contributed by atoms with Gasteiger partial charge < -0.3 is 15.4 Å². The predicted octanol–water partition coefficient (Wildman–Crippen LogP) is 4.86. The van der Waals surface area contributed by atoms with Gasteiger partial charge in [0.05, 0.1) is 12.1 Å². The molecule has 0 unspecified atom stereocenters. The molecule has 2 aromatic rings. The van der Waals surface area contributed by atoms with Crippen molar-refractivity contribution in [3.8, 4) is 5.75 Å². The maximum Gasteiger partial charge on any atom is 0.226 e. The average molecular weight is 398 g/mol. The van der Waals surface area contributed by atoms with Crippen LogP contribution in [0, 0.1) is 6.92 Å². The van der Waals surface area contributed by atoms with E-state index in [1.165, 1.54) is 0 Å². The van der Waals surface area contributed by atoms with Crippen LogP contribution < -0.4 is 15.4 Å². The number of aryl methyl sites for hydroxylation is 1. The molecule has 122 valence electrons. The van der Waals surface area contributed by atoms with Gasteiger partial charge in [-0.05, 0) is 48.9 Å². The lowest BCUT2D eigenvalue weighted by molar-refractivity contribution is -0.115. The first-order valence-electron chi connectivity index (χ1n) is 7.13. The van der Waals surface area contributed by atoms with E-state index in [0.717, 1.165) is 15.7 Å². The number of benzene rings is 2. The molecule has 0 aliphatic rings. The monoisotopic (exact) mass is 396 g/mol. The number of anilines is 2. The van der Waals surface area contributed by atoms with Gasteiger partial charge in [0.25, 0.3) is 0 Å². The summed E-state index contributed by atoms with van der Waals surface area (Å²) in [6.07, 6.45) is 0.360. The van der Waals surface area contributed by atoms with Crippen molar-refractivity contribution < 1.29 is 9.53 Å². The van der Waals surface area contributed by atoms with Gasteiger partial charge in [-0.15, -0.1) is 0 Å². The number of ether oxygens (including phenoxy) is 1. The van der Waals surface area contributed by atoms with Gasteiger partial charge in [-0.25, -0.2) is 0 Å². The van der Waals surface area contributed by atoms with Crippen LogP contribution in [-0.2, 0) is 4.79 Å². The van der Waals surface area contributed by atoms with E-state index in [9.17, 15) is 4.79 Å². The van der Waals surface area contributed by atoms with Crippen LogP contribution in [0.25, 0.3) is 0 Å². The summed E-state index contributed by atoms with van der Waals surface area (Å²) < 4.78 is 6.12. The van der Waals surface area contributed by atoms with E-state index in [1.54, 1.807) is 25.3 Å². The number of amides is 1. The summed E-state index contributed by atoms with van der Waals surface area (Å²) in [5.74, 6) is 0.505. The van der Waals surface area contributed by atoms with Crippen molar-refractivity contribution in [2.24, 2.45) is 0 Å². The highest BCUT2D eigenvalue weighted by atomic mass is 79.9. The van der Waals surface area contributed by atoms with Gasteiger partial charge in [0.2, 0.25) is 5.91 Å². The van der Waals surface area contributed by atoms with E-state index in [2.05, 4.69) is 26.6 Å². The lowest BCUT2D eigenvalue weighted by atomic mass is 10.2. The number of halogens is 2. The molecule has 0 aliphatic carbocycles. The van der Waals surface area contributed by atoms with Crippen LogP contribution in [0.5, 0.6) is 5.75 Å². The highest BCUT2D eigenvalue weighted by molar-refractivity contribution is 9.10. The molecule has 0 atom stereocenters. The zero-order valence-corrected chi connectivity index (χ0v) is 15.3. The van der Waals surface area contributed by atoms with Crippen LogP contribution >= 0.6 is 27.5 Å². The van der Waals surface area contributed by atoms with Gasteiger partial charge in [-0.1, -0.05) is 27.5 Å². The van der Waals surface area contributed by atoms with Crippen molar-refractivity contribution in [1.29, 1.82) is 0 Å². The third-order valence-electron chi connectivity index (χ3n) is 3.29. The molecule has 0 bridgehead atoms. The predicted molar refractivity (Wildman–Crippen MR) is 98.6 cm³/mol. The van der Waals surface area contributed by atoms with Gasteiger partial charge in [0.1, 0.15) is 5.75 Å². The molecule has 0 saturated carbocycles. The summed E-state index contributed by atoms with van der Waals surface area (Å²) in [5.41, 5.74) is 2.80. The Kier molecular flexibility index (Phi) is 6.30. The Bertz CT molecular complexity index is 707. The molecule has 0 aliphatic heterocycles. The van der Waals surface area contributed by atoms with Crippen LogP contribution in [0.1, 0.15) is 12.0 Å². The van der Waals surface area contributed by atoms with Crippen molar-refractivity contribution in [2.45, 2.75) is 13.3 Å². The molecule has 6 heteroatoms. The van der Waals surface area contributed by atoms with Crippen molar-refractivity contribution >= 4 is 44.8 Å². The lowest BCUT2D eigenvalue weighted by Crippen LogP contribution is -2.16. The molecule has 0 radical (unpaired) electrons. The number of hydrogen-bond donors (Lipinski definition) is 2. The van der Waals surface area contributed by atoms with Crippen molar-refractivity contribution in [1.82, 2.24) is 0 Å². The lowest BCUT2D eigenvalue weighted by Gasteiger charge is -2.11. The highest BCUT2D eigenvalue weighted by Crippen LogP contribution is 2.27. The number of methoxy groups -OCH3 is 1. The molecule has 0 saturated heterocycles. The van der Waals surface area contributed by atoms with Crippen molar-refractivity contribution in [3.05, 3.63) is 51.5 Å². The standard InChI is InChI=1S/C17H18BrClN2O2/c1-11-9-12(18)3-5-15(11)20-8-7-17(22)21-13-4-6-16(23-2)14(19)10-13/h3-6,9-10,20H,7-8H2,1-2H3,(H,21,22).